The van der Waals surface area contributed by atoms with E-state index in [9.17, 15) is 4.79 Å². The molecule has 0 radical (unpaired) electrons. The first-order valence-corrected chi connectivity index (χ1v) is 10.9. The van der Waals surface area contributed by atoms with E-state index >= 15 is 0 Å². The highest BCUT2D eigenvalue weighted by Gasteiger charge is 2.35. The number of hydrogen-bond acceptors (Lipinski definition) is 4. The molecule has 2 rings (SSSR count). The first-order chi connectivity index (χ1) is 13.5. The van der Waals surface area contributed by atoms with Crippen LogP contribution in [0, 0.1) is 10.8 Å². The average Bonchev–Trinajstić information content (AvgIpc) is 2.60. The Labute approximate surface area is 176 Å². The van der Waals surface area contributed by atoms with Gasteiger partial charge in [0.25, 0.3) is 0 Å². The van der Waals surface area contributed by atoms with Crippen LogP contribution in [-0.2, 0) is 9.78 Å². The van der Waals surface area contributed by atoms with Crippen molar-refractivity contribution >= 4 is 6.09 Å². The number of hydrogen-bond donors (Lipinski definition) is 1. The van der Waals surface area contributed by atoms with Gasteiger partial charge in [0.1, 0.15) is 5.75 Å². The zero-order valence-corrected chi connectivity index (χ0v) is 19.2. The summed E-state index contributed by atoms with van der Waals surface area (Å²) in [5.41, 5.74) is 1.58. The largest absolute Gasteiger partial charge is 0.461 e. The van der Waals surface area contributed by atoms with Crippen molar-refractivity contribution in [3.8, 4) is 5.75 Å². The lowest BCUT2D eigenvalue weighted by Crippen LogP contribution is -2.37. The maximum absolute atomic E-state index is 11.9. The van der Waals surface area contributed by atoms with E-state index in [0.717, 1.165) is 25.7 Å². The summed E-state index contributed by atoms with van der Waals surface area (Å²) in [6.45, 7) is 15.4. The van der Waals surface area contributed by atoms with Crippen molar-refractivity contribution in [3.63, 3.8) is 0 Å². The zero-order chi connectivity index (χ0) is 21.7. The molecule has 1 aromatic rings. The molecule has 1 aliphatic rings. The molecule has 1 amide bonds. The van der Waals surface area contributed by atoms with E-state index in [-0.39, 0.29) is 16.9 Å². The Morgan fingerprint density at radius 2 is 1.52 bits per heavy atom. The Balaban J connectivity index is 1.86. The molecule has 1 N–H and O–H groups in total. The van der Waals surface area contributed by atoms with Crippen LogP contribution in [-0.4, -0.2) is 18.4 Å². The van der Waals surface area contributed by atoms with Gasteiger partial charge in [0, 0.05) is 13.0 Å². The third kappa shape index (κ3) is 7.54. The monoisotopic (exact) mass is 405 g/mol. The third-order valence-corrected chi connectivity index (χ3v) is 5.43. The molecule has 1 atom stereocenters. The van der Waals surface area contributed by atoms with Gasteiger partial charge in [-0.2, -0.15) is 0 Å². The van der Waals surface area contributed by atoms with E-state index in [4.69, 9.17) is 14.5 Å². The minimum absolute atomic E-state index is 0.149. The second-order valence-corrected chi connectivity index (χ2v) is 10.4. The lowest BCUT2D eigenvalue weighted by atomic mass is 9.64. The molecule has 1 saturated carbocycles. The van der Waals surface area contributed by atoms with Crippen LogP contribution in [0.25, 0.3) is 0 Å². The highest BCUT2D eigenvalue weighted by atomic mass is 17.2. The van der Waals surface area contributed by atoms with Gasteiger partial charge >= 0.3 is 6.09 Å². The van der Waals surface area contributed by atoms with Crippen LogP contribution in [0.2, 0.25) is 0 Å². The van der Waals surface area contributed by atoms with Gasteiger partial charge in [0.15, 0.2) is 0 Å². The molecule has 1 aromatic carbocycles. The number of benzene rings is 1. The normalized spacial score (nSPS) is 17.1. The van der Waals surface area contributed by atoms with Crippen molar-refractivity contribution in [2.45, 2.75) is 98.8 Å². The van der Waals surface area contributed by atoms with Crippen LogP contribution in [0.5, 0.6) is 5.75 Å². The van der Waals surface area contributed by atoms with Crippen molar-refractivity contribution < 1.29 is 19.3 Å². The number of nitrogens with one attached hydrogen (secondary N) is 1. The molecule has 0 spiro atoms. The SMILES string of the molecule is CC(OOC(=O)NC1CCCCC1)Oc1ccc(C(C(C)(C)C)C(C)(C)C)cc1. The van der Waals surface area contributed by atoms with E-state index in [1.807, 2.05) is 12.1 Å². The van der Waals surface area contributed by atoms with Crippen LogP contribution in [0.3, 0.4) is 0 Å². The smallest absolute Gasteiger partial charge is 0.439 e. The first kappa shape index (κ1) is 23.5. The van der Waals surface area contributed by atoms with E-state index in [1.54, 1.807) is 6.92 Å². The average molecular weight is 406 g/mol. The number of ether oxygens (including phenoxy) is 1. The fraction of sp³-hybridized carbons (Fsp3) is 0.708. The molecule has 5 heteroatoms. The van der Waals surface area contributed by atoms with Crippen molar-refractivity contribution in [2.75, 3.05) is 0 Å². The molecular formula is C24H39NO4. The van der Waals surface area contributed by atoms with Gasteiger partial charge in [0.2, 0.25) is 6.29 Å². The predicted octanol–water partition coefficient (Wildman–Crippen LogP) is 6.58. The number of carbonyl (C=O) groups excluding carboxylic acids is 1. The van der Waals surface area contributed by atoms with E-state index in [2.05, 4.69) is 59.0 Å². The highest BCUT2D eigenvalue weighted by molar-refractivity contribution is 5.66. The molecular weight excluding hydrogens is 366 g/mol. The lowest BCUT2D eigenvalue weighted by molar-refractivity contribution is -0.313. The van der Waals surface area contributed by atoms with Crippen LogP contribution in [0.4, 0.5) is 4.79 Å². The molecule has 0 aromatic heterocycles. The van der Waals surface area contributed by atoms with Crippen LogP contribution in [0.1, 0.15) is 92.1 Å². The Bertz CT molecular complexity index is 622. The predicted molar refractivity (Wildman–Crippen MR) is 116 cm³/mol. The van der Waals surface area contributed by atoms with Gasteiger partial charge in [0.05, 0.1) is 0 Å². The Morgan fingerprint density at radius 3 is 2.03 bits per heavy atom. The quantitative estimate of drug-likeness (QED) is 0.330. The number of amides is 1. The van der Waals surface area contributed by atoms with Crippen LogP contribution >= 0.6 is 0 Å². The summed E-state index contributed by atoms with van der Waals surface area (Å²) in [6.07, 6.45) is 4.27. The molecule has 1 unspecified atom stereocenters. The van der Waals surface area contributed by atoms with Gasteiger partial charge in [-0.05, 0) is 47.3 Å². The fourth-order valence-electron chi connectivity index (χ4n) is 4.80. The van der Waals surface area contributed by atoms with Gasteiger partial charge in [-0.25, -0.2) is 4.79 Å². The molecule has 164 valence electrons. The minimum Gasteiger partial charge on any atom is -0.461 e. The topological polar surface area (TPSA) is 56.8 Å². The Kier molecular flexibility index (Phi) is 7.98. The third-order valence-electron chi connectivity index (χ3n) is 5.43. The summed E-state index contributed by atoms with van der Waals surface area (Å²) >= 11 is 0. The van der Waals surface area contributed by atoms with Crippen LogP contribution < -0.4 is 10.1 Å². The van der Waals surface area contributed by atoms with Gasteiger partial charge in [-0.3, -0.25) is 4.89 Å². The summed E-state index contributed by atoms with van der Waals surface area (Å²) in [5, 5.41) is 2.84. The summed E-state index contributed by atoms with van der Waals surface area (Å²) in [5.74, 6) is 1.09. The standard InChI is InChI=1S/C24H39NO4/c1-17(28-29-22(26)25-19-11-9-8-10-12-19)27-20-15-13-18(14-16-20)21(23(2,3)4)24(5,6)7/h13-17,19,21H,8-12H2,1-7H3,(H,25,26). The highest BCUT2D eigenvalue weighted by Crippen LogP contribution is 2.47. The second-order valence-electron chi connectivity index (χ2n) is 10.4. The lowest BCUT2D eigenvalue weighted by Gasteiger charge is -2.41. The summed E-state index contributed by atoms with van der Waals surface area (Å²) < 4.78 is 5.73. The molecule has 0 bridgehead atoms. The maximum atomic E-state index is 11.9. The van der Waals surface area contributed by atoms with Crippen LogP contribution in [0.15, 0.2) is 24.3 Å². The Morgan fingerprint density at radius 1 is 0.966 bits per heavy atom. The molecule has 0 saturated heterocycles. The van der Waals surface area contributed by atoms with E-state index < -0.39 is 12.4 Å². The summed E-state index contributed by atoms with van der Waals surface area (Å²) in [7, 11) is 0. The molecule has 29 heavy (non-hydrogen) atoms. The number of rotatable bonds is 6. The number of carbonyl (C=O) groups is 1. The second kappa shape index (κ2) is 9.84. The maximum Gasteiger partial charge on any atom is 0.439 e. The van der Waals surface area contributed by atoms with Crippen molar-refractivity contribution in [3.05, 3.63) is 29.8 Å². The molecule has 0 heterocycles. The first-order valence-electron chi connectivity index (χ1n) is 10.9. The Hall–Kier alpha value is -1.75. The van der Waals surface area contributed by atoms with Crippen molar-refractivity contribution in [2.24, 2.45) is 10.8 Å². The fourth-order valence-corrected chi connectivity index (χ4v) is 4.80. The molecule has 1 fully saturated rings. The molecule has 0 aliphatic heterocycles. The zero-order valence-electron chi connectivity index (χ0n) is 19.2. The van der Waals surface area contributed by atoms with Gasteiger partial charge in [-0.1, -0.05) is 72.9 Å². The van der Waals surface area contributed by atoms with Crippen molar-refractivity contribution in [1.29, 1.82) is 0 Å². The van der Waals surface area contributed by atoms with Crippen molar-refractivity contribution in [1.82, 2.24) is 5.32 Å². The molecule has 5 nitrogen and oxygen atoms in total. The van der Waals surface area contributed by atoms with Gasteiger partial charge < -0.3 is 10.1 Å². The summed E-state index contributed by atoms with van der Waals surface area (Å²) in [6, 6.07) is 8.30. The minimum atomic E-state index is -0.695. The van der Waals surface area contributed by atoms with Gasteiger partial charge in [-0.15, -0.1) is 4.89 Å². The molecule has 1 aliphatic carbocycles. The van der Waals surface area contributed by atoms with E-state index in [1.165, 1.54) is 12.0 Å². The van der Waals surface area contributed by atoms with E-state index in [0.29, 0.717) is 11.7 Å². The summed E-state index contributed by atoms with van der Waals surface area (Å²) in [4.78, 5) is 21.8.